The smallest absolute Gasteiger partial charge is 0.243 e. The Morgan fingerprint density at radius 3 is 2.39 bits per heavy atom. The third-order valence-electron chi connectivity index (χ3n) is 2.67. The summed E-state index contributed by atoms with van der Waals surface area (Å²) in [5.74, 6) is 1.10. The van der Waals surface area contributed by atoms with Crippen molar-refractivity contribution < 1.29 is 12.6 Å². The summed E-state index contributed by atoms with van der Waals surface area (Å²) in [6.45, 7) is 0. The monoisotopic (exact) mass is 290 g/mol. The normalized spacial score (nSPS) is 24.9. The number of nitrogens with one attached hydrogen (secondary N) is 1. The number of aromatic nitrogens is 2. The van der Waals surface area contributed by atoms with Gasteiger partial charge in [-0.25, -0.2) is 23.1 Å². The first kappa shape index (κ1) is 13.4. The highest BCUT2D eigenvalue weighted by molar-refractivity contribution is 7.89. The number of nitrogens with zero attached hydrogens (tertiary/aromatic N) is 2. The van der Waals surface area contributed by atoms with Crippen LogP contribution < -0.4 is 10.5 Å². The molecule has 0 saturated carbocycles. The highest BCUT2D eigenvalue weighted by Gasteiger charge is 2.24. The fourth-order valence-corrected chi connectivity index (χ4v) is 4.16. The summed E-state index contributed by atoms with van der Waals surface area (Å²) in [6.07, 6.45) is 3.51. The van der Waals surface area contributed by atoms with E-state index in [0.29, 0.717) is 24.3 Å². The molecule has 0 atom stereocenters. The number of rotatable bonds is 3. The van der Waals surface area contributed by atoms with Crippen LogP contribution in [0.3, 0.4) is 0 Å². The quantitative estimate of drug-likeness (QED) is 0.756. The first-order valence-corrected chi connectivity index (χ1v) is 8.39. The molecule has 2 rings (SSSR count). The zero-order valence-electron chi connectivity index (χ0n) is 9.57. The standard InChI is InChI=1S/C9H14N4O3S2/c10-9-11-5-8(6-12-9)18(15,16)13-7-1-3-17(14)4-2-7/h5-7,13H,1-4H2,(H2,10,11,12). The number of anilines is 1. The summed E-state index contributed by atoms with van der Waals surface area (Å²) in [4.78, 5) is 7.29. The Hall–Kier alpha value is -1.06. The van der Waals surface area contributed by atoms with Crippen LogP contribution in [0, 0.1) is 0 Å². The molecule has 100 valence electrons. The SMILES string of the molecule is Nc1ncc(S(=O)(=O)NC2CCS(=O)CC2)cn1. The van der Waals surface area contributed by atoms with Crippen LogP contribution in [-0.2, 0) is 20.8 Å². The molecule has 0 spiro atoms. The molecule has 1 aromatic rings. The van der Waals surface area contributed by atoms with Crippen molar-refractivity contribution >= 4 is 26.8 Å². The lowest BCUT2D eigenvalue weighted by Gasteiger charge is -2.22. The lowest BCUT2D eigenvalue weighted by molar-refractivity contribution is 0.521. The third-order valence-corrected chi connectivity index (χ3v) is 5.53. The van der Waals surface area contributed by atoms with Crippen LogP contribution in [0.1, 0.15) is 12.8 Å². The molecule has 0 aromatic carbocycles. The molecule has 0 amide bonds. The molecule has 2 heterocycles. The Morgan fingerprint density at radius 2 is 1.83 bits per heavy atom. The van der Waals surface area contributed by atoms with Gasteiger partial charge in [0.1, 0.15) is 4.90 Å². The van der Waals surface area contributed by atoms with Crippen molar-refractivity contribution in [3.8, 4) is 0 Å². The molecule has 1 saturated heterocycles. The van der Waals surface area contributed by atoms with Gasteiger partial charge in [0, 0.05) is 28.3 Å². The van der Waals surface area contributed by atoms with E-state index >= 15 is 0 Å². The summed E-state index contributed by atoms with van der Waals surface area (Å²) in [7, 11) is -4.44. The molecule has 1 aliphatic heterocycles. The summed E-state index contributed by atoms with van der Waals surface area (Å²) in [6, 6.07) is -0.176. The van der Waals surface area contributed by atoms with Crippen LogP contribution in [0.4, 0.5) is 5.95 Å². The summed E-state index contributed by atoms with van der Waals surface area (Å²) in [5.41, 5.74) is 5.30. The number of nitrogens with two attached hydrogens (primary N) is 1. The van der Waals surface area contributed by atoms with Crippen molar-refractivity contribution in [3.05, 3.63) is 12.4 Å². The van der Waals surface area contributed by atoms with Crippen LogP contribution in [-0.4, -0.2) is 40.1 Å². The van der Waals surface area contributed by atoms with Gasteiger partial charge in [-0.1, -0.05) is 0 Å². The van der Waals surface area contributed by atoms with E-state index in [4.69, 9.17) is 5.73 Å². The molecular weight excluding hydrogens is 276 g/mol. The van der Waals surface area contributed by atoms with Gasteiger partial charge in [0.25, 0.3) is 0 Å². The summed E-state index contributed by atoms with van der Waals surface area (Å²) >= 11 is 0. The molecule has 1 aromatic heterocycles. The zero-order valence-corrected chi connectivity index (χ0v) is 11.2. The minimum absolute atomic E-state index is 0.0107. The molecule has 9 heteroatoms. The second-order valence-electron chi connectivity index (χ2n) is 4.02. The van der Waals surface area contributed by atoms with Crippen molar-refractivity contribution in [2.75, 3.05) is 17.2 Å². The molecule has 0 radical (unpaired) electrons. The largest absolute Gasteiger partial charge is 0.368 e. The Balaban J connectivity index is 2.07. The predicted octanol–water partition coefficient (Wildman–Crippen LogP) is -0.752. The molecule has 1 aliphatic rings. The Bertz CT molecular complexity index is 533. The van der Waals surface area contributed by atoms with Gasteiger partial charge < -0.3 is 5.73 Å². The van der Waals surface area contributed by atoms with Gasteiger partial charge >= 0.3 is 0 Å². The van der Waals surface area contributed by atoms with Crippen LogP contribution in [0.15, 0.2) is 17.3 Å². The average molecular weight is 290 g/mol. The van der Waals surface area contributed by atoms with Crippen molar-refractivity contribution in [1.82, 2.24) is 14.7 Å². The van der Waals surface area contributed by atoms with Crippen LogP contribution in [0.2, 0.25) is 0 Å². The van der Waals surface area contributed by atoms with Crippen LogP contribution in [0.25, 0.3) is 0 Å². The van der Waals surface area contributed by atoms with Gasteiger partial charge in [0.2, 0.25) is 16.0 Å². The van der Waals surface area contributed by atoms with Crippen molar-refractivity contribution in [2.24, 2.45) is 0 Å². The first-order valence-electron chi connectivity index (χ1n) is 5.42. The number of hydrogen-bond donors (Lipinski definition) is 2. The fraction of sp³-hybridized carbons (Fsp3) is 0.556. The summed E-state index contributed by atoms with van der Waals surface area (Å²) in [5, 5.41) is 0. The van der Waals surface area contributed by atoms with Gasteiger partial charge in [-0.15, -0.1) is 0 Å². The average Bonchev–Trinajstić information content (AvgIpc) is 2.32. The van der Waals surface area contributed by atoms with Gasteiger partial charge in [-0.05, 0) is 12.8 Å². The summed E-state index contributed by atoms with van der Waals surface area (Å²) < 4.78 is 37.7. The van der Waals surface area contributed by atoms with E-state index < -0.39 is 20.8 Å². The Labute approximate surface area is 108 Å². The van der Waals surface area contributed by atoms with Gasteiger partial charge in [0.05, 0.1) is 12.4 Å². The Morgan fingerprint density at radius 1 is 1.28 bits per heavy atom. The minimum atomic E-state index is -3.62. The van der Waals surface area contributed by atoms with E-state index in [-0.39, 0.29) is 16.9 Å². The van der Waals surface area contributed by atoms with Gasteiger partial charge in [0.15, 0.2) is 0 Å². The third kappa shape index (κ3) is 3.24. The topological polar surface area (TPSA) is 115 Å². The van der Waals surface area contributed by atoms with E-state index in [0.717, 1.165) is 0 Å². The van der Waals surface area contributed by atoms with E-state index in [2.05, 4.69) is 14.7 Å². The van der Waals surface area contributed by atoms with E-state index in [1.165, 1.54) is 12.4 Å². The van der Waals surface area contributed by atoms with Crippen LogP contribution in [0.5, 0.6) is 0 Å². The van der Waals surface area contributed by atoms with Gasteiger partial charge in [-0.3, -0.25) is 4.21 Å². The molecule has 1 fully saturated rings. The highest BCUT2D eigenvalue weighted by Crippen LogP contribution is 2.13. The molecular formula is C9H14N4O3S2. The highest BCUT2D eigenvalue weighted by atomic mass is 32.2. The number of nitrogen functional groups attached to an aromatic ring is 1. The number of hydrogen-bond acceptors (Lipinski definition) is 6. The van der Waals surface area contributed by atoms with Crippen molar-refractivity contribution in [1.29, 1.82) is 0 Å². The second-order valence-corrected chi connectivity index (χ2v) is 7.43. The van der Waals surface area contributed by atoms with E-state index in [1.807, 2.05) is 0 Å². The van der Waals surface area contributed by atoms with E-state index in [9.17, 15) is 12.6 Å². The molecule has 7 nitrogen and oxygen atoms in total. The predicted molar refractivity (Wildman–Crippen MR) is 67.7 cm³/mol. The van der Waals surface area contributed by atoms with Crippen molar-refractivity contribution in [3.63, 3.8) is 0 Å². The minimum Gasteiger partial charge on any atom is -0.368 e. The number of sulfonamides is 1. The maximum atomic E-state index is 12.0. The molecule has 0 aliphatic carbocycles. The van der Waals surface area contributed by atoms with Gasteiger partial charge in [-0.2, -0.15) is 0 Å². The maximum Gasteiger partial charge on any atom is 0.243 e. The molecule has 18 heavy (non-hydrogen) atoms. The first-order chi connectivity index (χ1) is 8.47. The Kier molecular flexibility index (Phi) is 3.93. The lowest BCUT2D eigenvalue weighted by Crippen LogP contribution is -2.39. The molecule has 0 bridgehead atoms. The van der Waals surface area contributed by atoms with E-state index in [1.54, 1.807) is 0 Å². The zero-order chi connectivity index (χ0) is 13.2. The van der Waals surface area contributed by atoms with Crippen molar-refractivity contribution in [2.45, 2.75) is 23.8 Å². The maximum absolute atomic E-state index is 12.0. The lowest BCUT2D eigenvalue weighted by atomic mass is 10.2. The molecule has 3 N–H and O–H groups in total. The fourth-order valence-electron chi connectivity index (χ4n) is 1.66. The molecule has 0 unspecified atom stereocenters. The second kappa shape index (κ2) is 5.29. The van der Waals surface area contributed by atoms with Crippen LogP contribution >= 0.6 is 0 Å².